The molecular weight excluding hydrogens is 506 g/mol. The second kappa shape index (κ2) is 10.9. The number of carbonyl (C=O) groups is 1. The van der Waals surface area contributed by atoms with E-state index in [2.05, 4.69) is 15.3 Å². The molecule has 2 aromatic carbocycles. The lowest BCUT2D eigenvalue weighted by Crippen LogP contribution is -2.42. The molecule has 37 heavy (non-hydrogen) atoms. The van der Waals surface area contributed by atoms with E-state index in [1.165, 1.54) is 13.4 Å². The molecule has 198 valence electrons. The third-order valence-corrected chi connectivity index (χ3v) is 6.13. The van der Waals surface area contributed by atoms with Gasteiger partial charge in [-0.15, -0.1) is 0 Å². The van der Waals surface area contributed by atoms with Crippen LogP contribution in [0.15, 0.2) is 30.6 Å². The average molecular weight is 535 g/mol. The fourth-order valence-corrected chi connectivity index (χ4v) is 4.22. The highest BCUT2D eigenvalue weighted by Gasteiger charge is 2.27. The Balaban J connectivity index is 1.46. The van der Waals surface area contributed by atoms with Gasteiger partial charge in [-0.3, -0.25) is 0 Å². The number of likely N-dealkylation sites (tertiary alicyclic amines) is 1. The van der Waals surface area contributed by atoms with Crippen molar-refractivity contribution >= 4 is 40.1 Å². The van der Waals surface area contributed by atoms with Crippen LogP contribution < -0.4 is 14.8 Å². The number of hydrogen-bond acceptors (Lipinski definition) is 7. The van der Waals surface area contributed by atoms with Gasteiger partial charge in [-0.25, -0.2) is 23.5 Å². The molecule has 1 N–H and O–H groups in total. The first kappa shape index (κ1) is 26.7. The Morgan fingerprint density at radius 2 is 1.78 bits per heavy atom. The molecule has 0 atom stereocenters. The Hall–Kier alpha value is -3.40. The maximum Gasteiger partial charge on any atom is 0.410 e. The zero-order valence-electron chi connectivity index (χ0n) is 21.1. The van der Waals surface area contributed by atoms with Gasteiger partial charge < -0.3 is 24.4 Å². The van der Waals surface area contributed by atoms with Gasteiger partial charge in [0.25, 0.3) is 0 Å². The van der Waals surface area contributed by atoms with E-state index in [9.17, 15) is 13.6 Å². The van der Waals surface area contributed by atoms with Crippen LogP contribution in [0.3, 0.4) is 0 Å². The third kappa shape index (κ3) is 6.49. The molecule has 8 nitrogen and oxygen atoms in total. The number of hydrogen-bond donors (Lipinski definition) is 1. The molecule has 1 fully saturated rings. The van der Waals surface area contributed by atoms with Crippen LogP contribution in [0.5, 0.6) is 11.5 Å². The van der Waals surface area contributed by atoms with E-state index in [1.54, 1.807) is 17.0 Å². The molecule has 3 aromatic rings. The number of anilines is 2. The van der Waals surface area contributed by atoms with E-state index in [0.29, 0.717) is 42.1 Å². The Bertz CT molecular complexity index is 1270. The summed E-state index contributed by atoms with van der Waals surface area (Å²) in [7, 11) is 1.50. The Morgan fingerprint density at radius 1 is 1.11 bits per heavy atom. The molecule has 1 amide bonds. The summed E-state index contributed by atoms with van der Waals surface area (Å²) in [5.41, 5.74) is -0.399. The van der Waals surface area contributed by atoms with E-state index in [0.717, 1.165) is 25.0 Å². The van der Waals surface area contributed by atoms with E-state index in [4.69, 9.17) is 25.8 Å². The lowest BCUT2D eigenvalue weighted by molar-refractivity contribution is 0.0164. The number of benzene rings is 2. The monoisotopic (exact) mass is 534 g/mol. The van der Waals surface area contributed by atoms with E-state index in [-0.39, 0.29) is 28.5 Å². The molecular formula is C26H29ClF2N4O4. The van der Waals surface area contributed by atoms with Crippen molar-refractivity contribution in [3.63, 3.8) is 0 Å². The normalized spacial score (nSPS) is 14.5. The lowest BCUT2D eigenvalue weighted by Gasteiger charge is -2.33. The van der Waals surface area contributed by atoms with Crippen LogP contribution in [0, 0.1) is 17.6 Å². The lowest BCUT2D eigenvalue weighted by atomic mass is 9.98. The zero-order valence-corrected chi connectivity index (χ0v) is 21.9. The Kier molecular flexibility index (Phi) is 7.87. The summed E-state index contributed by atoms with van der Waals surface area (Å²) in [5, 5.41) is 3.14. The summed E-state index contributed by atoms with van der Waals surface area (Å²) in [6.45, 7) is 7.17. The second-order valence-corrected chi connectivity index (χ2v) is 10.3. The van der Waals surface area contributed by atoms with Crippen LogP contribution in [-0.4, -0.2) is 53.4 Å². The number of ether oxygens (including phenoxy) is 3. The van der Waals surface area contributed by atoms with Gasteiger partial charge in [0.2, 0.25) is 0 Å². The fourth-order valence-electron chi connectivity index (χ4n) is 4.03. The first-order chi connectivity index (χ1) is 17.5. The van der Waals surface area contributed by atoms with Crippen molar-refractivity contribution in [2.45, 2.75) is 39.2 Å². The molecule has 1 aliphatic rings. The number of methoxy groups -OCH3 is 1. The second-order valence-electron chi connectivity index (χ2n) is 9.83. The van der Waals surface area contributed by atoms with Gasteiger partial charge >= 0.3 is 6.09 Å². The number of piperidine rings is 1. The minimum atomic E-state index is -0.846. The molecule has 2 heterocycles. The van der Waals surface area contributed by atoms with E-state index < -0.39 is 17.2 Å². The van der Waals surface area contributed by atoms with Gasteiger partial charge in [0.15, 0.2) is 23.1 Å². The highest BCUT2D eigenvalue weighted by Crippen LogP contribution is 2.36. The molecule has 0 aliphatic carbocycles. The number of halogens is 3. The molecule has 1 aromatic heterocycles. The van der Waals surface area contributed by atoms with Crippen molar-refractivity contribution in [3.8, 4) is 11.5 Å². The van der Waals surface area contributed by atoms with Crippen molar-refractivity contribution < 1.29 is 27.8 Å². The number of aromatic nitrogens is 2. The van der Waals surface area contributed by atoms with Gasteiger partial charge in [0.1, 0.15) is 23.4 Å². The molecule has 1 saturated heterocycles. The summed E-state index contributed by atoms with van der Waals surface area (Å²) in [4.78, 5) is 22.4. The smallest absolute Gasteiger partial charge is 0.410 e. The predicted octanol–water partition coefficient (Wildman–Crippen LogP) is 6.34. The average Bonchev–Trinajstić information content (AvgIpc) is 2.83. The highest BCUT2D eigenvalue weighted by molar-refractivity contribution is 6.30. The molecule has 0 bridgehead atoms. The summed E-state index contributed by atoms with van der Waals surface area (Å²) in [5.74, 6) is -0.337. The summed E-state index contributed by atoms with van der Waals surface area (Å²) < 4.78 is 45.7. The quantitative estimate of drug-likeness (QED) is 0.395. The maximum absolute atomic E-state index is 14.3. The van der Waals surface area contributed by atoms with E-state index in [1.807, 2.05) is 20.8 Å². The van der Waals surface area contributed by atoms with Crippen molar-refractivity contribution in [1.29, 1.82) is 0 Å². The molecule has 1 aliphatic heterocycles. The number of carbonyl (C=O) groups excluding carboxylic acids is 1. The van der Waals surface area contributed by atoms with Gasteiger partial charge in [-0.2, -0.15) is 0 Å². The number of rotatable bonds is 6. The largest absolute Gasteiger partial charge is 0.493 e. The van der Waals surface area contributed by atoms with Gasteiger partial charge in [0, 0.05) is 29.6 Å². The van der Waals surface area contributed by atoms with Crippen molar-refractivity contribution in [3.05, 3.63) is 47.2 Å². The van der Waals surface area contributed by atoms with Crippen LogP contribution in [0.25, 0.3) is 10.9 Å². The number of nitrogens with zero attached hydrogens (tertiary/aromatic N) is 3. The van der Waals surface area contributed by atoms with Crippen molar-refractivity contribution in [2.75, 3.05) is 32.1 Å². The molecule has 11 heteroatoms. The van der Waals surface area contributed by atoms with Crippen LogP contribution in [0.1, 0.15) is 33.6 Å². The number of amides is 1. The molecule has 0 unspecified atom stereocenters. The Labute approximate surface area is 218 Å². The number of nitrogens with one attached hydrogen (secondary N) is 1. The minimum Gasteiger partial charge on any atom is -0.493 e. The standard InChI is InChI=1S/C26H29ClF2N4O4/c1-26(2,3)37-25(34)33-7-5-15(6-8-33)13-36-22-12-20-17(11-21(22)35-4)24(31-14-30-20)32-23-18(28)9-16(27)10-19(23)29/h9-12,14-15H,5-8,13H2,1-4H3,(H,30,31,32). The van der Waals surface area contributed by atoms with Gasteiger partial charge in [-0.1, -0.05) is 11.6 Å². The number of fused-ring (bicyclic) bond motifs is 1. The molecule has 4 rings (SSSR count). The van der Waals surface area contributed by atoms with Crippen LogP contribution in [0.2, 0.25) is 5.02 Å². The minimum absolute atomic E-state index is 0.0490. The van der Waals surface area contributed by atoms with Crippen LogP contribution in [-0.2, 0) is 4.74 Å². The first-order valence-corrected chi connectivity index (χ1v) is 12.3. The first-order valence-electron chi connectivity index (χ1n) is 11.9. The predicted molar refractivity (Wildman–Crippen MR) is 137 cm³/mol. The fraction of sp³-hybridized carbons (Fsp3) is 0.423. The summed E-state index contributed by atoms with van der Waals surface area (Å²) in [6, 6.07) is 5.39. The van der Waals surface area contributed by atoms with Crippen molar-refractivity contribution in [2.24, 2.45) is 5.92 Å². The summed E-state index contributed by atoms with van der Waals surface area (Å²) >= 11 is 5.72. The van der Waals surface area contributed by atoms with Crippen LogP contribution >= 0.6 is 11.6 Å². The SMILES string of the molecule is COc1cc2c(Nc3c(F)cc(Cl)cc3F)ncnc2cc1OCC1CCN(C(=O)OC(C)(C)C)CC1. The van der Waals surface area contributed by atoms with Gasteiger partial charge in [0.05, 0.1) is 19.2 Å². The van der Waals surface area contributed by atoms with Crippen molar-refractivity contribution in [1.82, 2.24) is 14.9 Å². The zero-order chi connectivity index (χ0) is 26.7. The maximum atomic E-state index is 14.3. The van der Waals surface area contributed by atoms with E-state index >= 15 is 0 Å². The molecule has 0 spiro atoms. The Morgan fingerprint density at radius 3 is 2.41 bits per heavy atom. The topological polar surface area (TPSA) is 85.8 Å². The van der Waals surface area contributed by atoms with Crippen LogP contribution in [0.4, 0.5) is 25.1 Å². The highest BCUT2D eigenvalue weighted by atomic mass is 35.5. The molecule has 0 radical (unpaired) electrons. The van der Waals surface area contributed by atoms with Gasteiger partial charge in [-0.05, 0) is 57.7 Å². The third-order valence-electron chi connectivity index (χ3n) is 5.91. The molecule has 0 saturated carbocycles. The summed E-state index contributed by atoms with van der Waals surface area (Å²) in [6.07, 6.45) is 2.55.